The van der Waals surface area contributed by atoms with Gasteiger partial charge < -0.3 is 14.4 Å². The molecule has 0 radical (unpaired) electrons. The van der Waals surface area contributed by atoms with Crippen LogP contribution in [-0.2, 0) is 4.74 Å². The van der Waals surface area contributed by atoms with Gasteiger partial charge in [-0.2, -0.15) is 0 Å². The summed E-state index contributed by atoms with van der Waals surface area (Å²) in [5, 5.41) is 0.320. The number of rotatable bonds is 4. The van der Waals surface area contributed by atoms with Crippen LogP contribution in [0.5, 0.6) is 5.75 Å². The van der Waals surface area contributed by atoms with Gasteiger partial charge in [0.1, 0.15) is 12.7 Å². The Morgan fingerprint density at radius 3 is 3.00 bits per heavy atom. The molecule has 2 heterocycles. The lowest BCUT2D eigenvalue weighted by molar-refractivity contribution is -0.0401. The first-order valence-corrected chi connectivity index (χ1v) is 8.99. The van der Waals surface area contributed by atoms with E-state index in [-0.39, 0.29) is 12.0 Å². The molecule has 1 aliphatic heterocycles. The summed E-state index contributed by atoms with van der Waals surface area (Å²) in [7, 11) is 0. The highest BCUT2D eigenvalue weighted by atomic mass is 127. The van der Waals surface area contributed by atoms with Gasteiger partial charge in [-0.3, -0.25) is 4.79 Å². The second-order valence-corrected chi connectivity index (χ2v) is 6.85. The van der Waals surface area contributed by atoms with E-state index in [1.807, 2.05) is 24.3 Å². The molecule has 1 atom stereocenters. The summed E-state index contributed by atoms with van der Waals surface area (Å²) in [6.45, 7) is 1.88. The molecule has 0 saturated carbocycles. The predicted molar refractivity (Wildman–Crippen MR) is 99.5 cm³/mol. The number of morpholine rings is 1. The van der Waals surface area contributed by atoms with Crippen LogP contribution >= 0.6 is 34.2 Å². The zero-order valence-corrected chi connectivity index (χ0v) is 15.7. The fourth-order valence-electron chi connectivity index (χ4n) is 2.47. The maximum Gasteiger partial charge on any atom is 0.255 e. The van der Waals surface area contributed by atoms with E-state index in [2.05, 4.69) is 27.6 Å². The van der Waals surface area contributed by atoms with Crippen molar-refractivity contribution in [3.8, 4) is 5.75 Å². The van der Waals surface area contributed by atoms with Crippen molar-refractivity contribution in [1.29, 1.82) is 0 Å². The molecular formula is C17H16ClIN2O3. The number of carbonyl (C=O) groups excluding carboxylic acids is 1. The van der Waals surface area contributed by atoms with E-state index < -0.39 is 0 Å². The lowest BCUT2D eigenvalue weighted by Crippen LogP contribution is -2.47. The maximum atomic E-state index is 12.7. The second-order valence-electron chi connectivity index (χ2n) is 5.33. The van der Waals surface area contributed by atoms with Gasteiger partial charge in [-0.1, -0.05) is 23.7 Å². The second kappa shape index (κ2) is 8.13. The third kappa shape index (κ3) is 4.17. The third-order valence-electron chi connectivity index (χ3n) is 3.68. The number of nitrogens with zero attached hydrogens (tertiary/aromatic N) is 2. The van der Waals surface area contributed by atoms with Gasteiger partial charge in [0.25, 0.3) is 5.91 Å². The Kier molecular flexibility index (Phi) is 5.91. The van der Waals surface area contributed by atoms with Gasteiger partial charge in [0.05, 0.1) is 18.7 Å². The van der Waals surface area contributed by atoms with Crippen molar-refractivity contribution >= 4 is 40.1 Å². The van der Waals surface area contributed by atoms with Crippen LogP contribution in [-0.4, -0.2) is 48.2 Å². The van der Waals surface area contributed by atoms with Gasteiger partial charge in [0, 0.05) is 16.3 Å². The van der Waals surface area contributed by atoms with Gasteiger partial charge in [-0.25, -0.2) is 4.98 Å². The number of hydrogen-bond donors (Lipinski definition) is 0. The van der Waals surface area contributed by atoms with Gasteiger partial charge >= 0.3 is 0 Å². The molecule has 7 heteroatoms. The Morgan fingerprint density at radius 2 is 2.21 bits per heavy atom. The number of hydrogen-bond acceptors (Lipinski definition) is 4. The van der Waals surface area contributed by atoms with E-state index in [1.54, 1.807) is 23.2 Å². The van der Waals surface area contributed by atoms with Crippen LogP contribution in [0, 0.1) is 3.57 Å². The molecule has 1 aliphatic rings. The highest BCUT2D eigenvalue weighted by Gasteiger charge is 2.26. The minimum atomic E-state index is -0.194. The molecule has 5 nitrogen and oxygen atoms in total. The molecule has 1 amide bonds. The topological polar surface area (TPSA) is 51.7 Å². The molecule has 3 rings (SSSR count). The predicted octanol–water partition coefficient (Wildman–Crippen LogP) is 3.26. The summed E-state index contributed by atoms with van der Waals surface area (Å²) in [6.07, 6.45) is 1.41. The monoisotopic (exact) mass is 458 g/mol. The number of halogens is 2. The average Bonchev–Trinajstić information content (AvgIpc) is 2.61. The van der Waals surface area contributed by atoms with E-state index in [9.17, 15) is 4.79 Å². The number of ether oxygens (including phenoxy) is 2. The first-order valence-electron chi connectivity index (χ1n) is 7.54. The molecule has 1 aromatic heterocycles. The molecule has 2 aromatic rings. The van der Waals surface area contributed by atoms with Crippen LogP contribution in [0.3, 0.4) is 0 Å². The van der Waals surface area contributed by atoms with E-state index in [0.717, 1.165) is 9.13 Å². The Bertz CT molecular complexity index is 728. The summed E-state index contributed by atoms with van der Waals surface area (Å²) in [6, 6.07) is 11.1. The van der Waals surface area contributed by atoms with Crippen molar-refractivity contribution in [2.75, 3.05) is 26.3 Å². The molecule has 126 valence electrons. The van der Waals surface area contributed by atoms with Crippen molar-refractivity contribution in [2.45, 2.75) is 6.10 Å². The molecule has 0 spiro atoms. The molecule has 0 aliphatic carbocycles. The highest BCUT2D eigenvalue weighted by molar-refractivity contribution is 14.1. The lowest BCUT2D eigenvalue weighted by Gasteiger charge is -2.33. The van der Waals surface area contributed by atoms with Crippen molar-refractivity contribution in [2.24, 2.45) is 0 Å². The van der Waals surface area contributed by atoms with Crippen molar-refractivity contribution in [1.82, 2.24) is 9.88 Å². The minimum Gasteiger partial charge on any atom is -0.488 e. The standard InChI is InChI=1S/C17H16ClIN2O3/c18-16-15(6-3-7-20-16)24-11-12-10-21(8-9-23-12)17(22)13-4-1-2-5-14(13)19/h1-7,12H,8-11H2. The Labute approximate surface area is 159 Å². The van der Waals surface area contributed by atoms with Gasteiger partial charge in [-0.05, 0) is 46.9 Å². The van der Waals surface area contributed by atoms with E-state index in [0.29, 0.717) is 37.2 Å². The molecule has 1 saturated heterocycles. The number of carbonyl (C=O) groups is 1. The summed E-state index contributed by atoms with van der Waals surface area (Å²) >= 11 is 8.16. The summed E-state index contributed by atoms with van der Waals surface area (Å²) < 4.78 is 12.3. The van der Waals surface area contributed by atoms with E-state index >= 15 is 0 Å². The largest absolute Gasteiger partial charge is 0.488 e. The van der Waals surface area contributed by atoms with Crippen LogP contribution in [0.4, 0.5) is 0 Å². The van der Waals surface area contributed by atoms with Crippen molar-refractivity contribution < 1.29 is 14.3 Å². The van der Waals surface area contributed by atoms with Gasteiger partial charge in [0.2, 0.25) is 0 Å². The Balaban J connectivity index is 1.61. The maximum absolute atomic E-state index is 12.7. The van der Waals surface area contributed by atoms with Crippen LogP contribution in [0.1, 0.15) is 10.4 Å². The van der Waals surface area contributed by atoms with Crippen LogP contribution < -0.4 is 4.74 Å². The molecule has 1 unspecified atom stereocenters. The summed E-state index contributed by atoms with van der Waals surface area (Å²) in [4.78, 5) is 18.5. The van der Waals surface area contributed by atoms with E-state index in [4.69, 9.17) is 21.1 Å². The van der Waals surface area contributed by atoms with E-state index in [1.165, 1.54) is 0 Å². The first-order chi connectivity index (χ1) is 11.6. The minimum absolute atomic E-state index is 0.0210. The number of amides is 1. The fourth-order valence-corrected chi connectivity index (χ4v) is 3.26. The van der Waals surface area contributed by atoms with Crippen molar-refractivity contribution in [3.63, 3.8) is 0 Å². The molecule has 24 heavy (non-hydrogen) atoms. The molecule has 0 bridgehead atoms. The van der Waals surface area contributed by atoms with Crippen LogP contribution in [0.15, 0.2) is 42.6 Å². The van der Waals surface area contributed by atoms with Crippen LogP contribution in [0.25, 0.3) is 0 Å². The zero-order valence-electron chi connectivity index (χ0n) is 12.8. The van der Waals surface area contributed by atoms with Crippen LogP contribution in [0.2, 0.25) is 5.15 Å². The van der Waals surface area contributed by atoms with Gasteiger partial charge in [-0.15, -0.1) is 0 Å². The molecule has 1 aromatic carbocycles. The SMILES string of the molecule is O=C(c1ccccc1I)N1CCOC(COc2cccnc2Cl)C1. The Hall–Kier alpha value is -1.38. The van der Waals surface area contributed by atoms with Gasteiger partial charge in [0.15, 0.2) is 10.9 Å². The Morgan fingerprint density at radius 1 is 1.38 bits per heavy atom. The average molecular weight is 459 g/mol. The molecular weight excluding hydrogens is 443 g/mol. The number of aromatic nitrogens is 1. The highest BCUT2D eigenvalue weighted by Crippen LogP contribution is 2.21. The molecule has 0 N–H and O–H groups in total. The quantitative estimate of drug-likeness (QED) is 0.521. The normalized spacial score (nSPS) is 17.6. The zero-order chi connectivity index (χ0) is 16.9. The molecule has 1 fully saturated rings. The first kappa shape index (κ1) is 17.4. The number of benzene rings is 1. The number of pyridine rings is 1. The van der Waals surface area contributed by atoms with Crippen molar-refractivity contribution in [3.05, 3.63) is 56.9 Å². The third-order valence-corrected chi connectivity index (χ3v) is 4.90. The summed E-state index contributed by atoms with van der Waals surface area (Å²) in [5.74, 6) is 0.538. The fraction of sp³-hybridized carbons (Fsp3) is 0.294. The smallest absolute Gasteiger partial charge is 0.255 e. The lowest BCUT2D eigenvalue weighted by atomic mass is 10.2. The summed E-state index contributed by atoms with van der Waals surface area (Å²) in [5.41, 5.74) is 0.718.